The molecular formula is C21H28N2O3S. The van der Waals surface area contributed by atoms with Crippen LogP contribution < -0.4 is 5.32 Å². The van der Waals surface area contributed by atoms with Gasteiger partial charge in [-0.15, -0.1) is 0 Å². The Bertz CT molecular complexity index is 839. The first-order chi connectivity index (χ1) is 13.0. The lowest BCUT2D eigenvalue weighted by Gasteiger charge is -2.25. The zero-order valence-electron chi connectivity index (χ0n) is 15.9. The van der Waals surface area contributed by atoms with Gasteiger partial charge in [-0.25, -0.2) is 8.42 Å². The monoisotopic (exact) mass is 388 g/mol. The number of allylic oxidation sites excluding steroid dienone is 1. The number of nitrogens with one attached hydrogen (secondary N) is 1. The highest BCUT2D eigenvalue weighted by Gasteiger charge is 2.27. The molecule has 3 rings (SSSR count). The Morgan fingerprint density at radius 1 is 1.11 bits per heavy atom. The summed E-state index contributed by atoms with van der Waals surface area (Å²) in [5.74, 6) is -0.0706. The Kier molecular flexibility index (Phi) is 6.50. The first-order valence-electron chi connectivity index (χ1n) is 9.69. The van der Waals surface area contributed by atoms with Crippen molar-refractivity contribution in [2.45, 2.75) is 50.3 Å². The molecular weight excluding hydrogens is 360 g/mol. The van der Waals surface area contributed by atoms with Crippen LogP contribution in [0, 0.1) is 6.92 Å². The number of carbonyl (C=O) groups excluding carboxylic acids is 1. The molecule has 0 spiro atoms. The summed E-state index contributed by atoms with van der Waals surface area (Å²) in [6.07, 6.45) is 10.2. The van der Waals surface area contributed by atoms with E-state index >= 15 is 0 Å². The Labute approximate surface area is 162 Å². The van der Waals surface area contributed by atoms with E-state index in [1.807, 2.05) is 6.92 Å². The summed E-state index contributed by atoms with van der Waals surface area (Å²) in [5.41, 5.74) is 3.15. The zero-order chi connectivity index (χ0) is 19.3. The van der Waals surface area contributed by atoms with Gasteiger partial charge in [0.15, 0.2) is 0 Å². The second kappa shape index (κ2) is 8.85. The minimum absolute atomic E-state index is 0.0706. The second-order valence-corrected chi connectivity index (χ2v) is 9.21. The van der Waals surface area contributed by atoms with Gasteiger partial charge in [-0.2, -0.15) is 4.31 Å². The van der Waals surface area contributed by atoms with E-state index in [9.17, 15) is 13.2 Å². The van der Waals surface area contributed by atoms with E-state index in [4.69, 9.17) is 0 Å². The number of sulfonamides is 1. The van der Waals surface area contributed by atoms with Gasteiger partial charge in [0.1, 0.15) is 0 Å². The van der Waals surface area contributed by atoms with Crippen molar-refractivity contribution in [1.82, 2.24) is 9.62 Å². The zero-order valence-corrected chi connectivity index (χ0v) is 16.7. The molecule has 1 amide bonds. The lowest BCUT2D eigenvalue weighted by atomic mass is 9.97. The van der Waals surface area contributed by atoms with Crippen LogP contribution in [0.1, 0.15) is 44.1 Å². The van der Waals surface area contributed by atoms with Crippen LogP contribution in [0.3, 0.4) is 0 Å². The number of carbonyl (C=O) groups is 1. The summed E-state index contributed by atoms with van der Waals surface area (Å²) in [6.45, 7) is 3.15. The molecule has 27 heavy (non-hydrogen) atoms. The summed E-state index contributed by atoms with van der Waals surface area (Å²) in [6, 6.07) is 6.87. The van der Waals surface area contributed by atoms with Crippen LogP contribution in [0.4, 0.5) is 0 Å². The van der Waals surface area contributed by atoms with E-state index in [1.54, 1.807) is 30.3 Å². The quantitative estimate of drug-likeness (QED) is 0.760. The van der Waals surface area contributed by atoms with Crippen LogP contribution in [0.2, 0.25) is 0 Å². The fourth-order valence-corrected chi connectivity index (χ4v) is 4.90. The van der Waals surface area contributed by atoms with Crippen LogP contribution in [0.15, 0.2) is 52.5 Å². The first kappa shape index (κ1) is 19.8. The van der Waals surface area contributed by atoms with Crippen LogP contribution in [-0.2, 0) is 14.8 Å². The van der Waals surface area contributed by atoms with Crippen molar-refractivity contribution in [3.63, 3.8) is 0 Å². The van der Waals surface area contributed by atoms with Crippen molar-refractivity contribution >= 4 is 15.9 Å². The number of rotatable bonds is 6. The molecule has 1 aliphatic carbocycles. The summed E-state index contributed by atoms with van der Waals surface area (Å²) in [7, 11) is -3.51. The molecule has 1 aromatic rings. The van der Waals surface area contributed by atoms with Gasteiger partial charge < -0.3 is 5.32 Å². The van der Waals surface area contributed by atoms with Gasteiger partial charge in [0.2, 0.25) is 15.9 Å². The van der Waals surface area contributed by atoms with Gasteiger partial charge >= 0.3 is 0 Å². The number of hydrogen-bond donors (Lipinski definition) is 1. The molecule has 0 atom stereocenters. The predicted octanol–water partition coefficient (Wildman–Crippen LogP) is 3.32. The van der Waals surface area contributed by atoms with Crippen molar-refractivity contribution < 1.29 is 13.2 Å². The molecule has 146 valence electrons. The van der Waals surface area contributed by atoms with Gasteiger partial charge in [0.25, 0.3) is 0 Å². The van der Waals surface area contributed by atoms with Gasteiger partial charge in [0.05, 0.1) is 4.90 Å². The average Bonchev–Trinajstić information content (AvgIpc) is 2.69. The van der Waals surface area contributed by atoms with E-state index in [0.717, 1.165) is 24.8 Å². The highest BCUT2D eigenvalue weighted by Crippen LogP contribution is 2.22. The van der Waals surface area contributed by atoms with E-state index in [0.29, 0.717) is 30.0 Å². The Balaban J connectivity index is 1.53. The van der Waals surface area contributed by atoms with Crippen molar-refractivity contribution in [1.29, 1.82) is 0 Å². The number of nitrogens with zero attached hydrogens (tertiary/aromatic N) is 1. The van der Waals surface area contributed by atoms with Gasteiger partial charge in [0, 0.05) is 25.2 Å². The summed E-state index contributed by atoms with van der Waals surface area (Å²) in [5, 5.41) is 2.98. The maximum atomic E-state index is 12.7. The predicted molar refractivity (Wildman–Crippen MR) is 107 cm³/mol. The standard InChI is InChI=1S/C21H28N2O3S/c1-17-7-9-20(10-8-17)27(25,26)23-15-12-19(13-16-23)21(24)22-14-11-18-5-3-2-4-6-18/h5,7-10,12H,2-4,6,11,13-16H2,1H3,(H,22,24). The first-order valence-corrected chi connectivity index (χ1v) is 11.1. The summed E-state index contributed by atoms with van der Waals surface area (Å²) >= 11 is 0. The van der Waals surface area contributed by atoms with Crippen LogP contribution >= 0.6 is 0 Å². The largest absolute Gasteiger partial charge is 0.352 e. The van der Waals surface area contributed by atoms with Gasteiger partial charge in [-0.1, -0.05) is 35.4 Å². The topological polar surface area (TPSA) is 66.5 Å². The highest BCUT2D eigenvalue weighted by atomic mass is 32.2. The molecule has 0 unspecified atom stereocenters. The molecule has 0 bridgehead atoms. The minimum Gasteiger partial charge on any atom is -0.352 e. The molecule has 0 fully saturated rings. The normalized spacial score (nSPS) is 18.6. The molecule has 1 N–H and O–H groups in total. The Morgan fingerprint density at radius 3 is 2.52 bits per heavy atom. The molecule has 1 aromatic carbocycles. The van der Waals surface area contributed by atoms with E-state index in [-0.39, 0.29) is 12.5 Å². The third kappa shape index (κ3) is 5.08. The molecule has 0 saturated heterocycles. The molecule has 0 radical (unpaired) electrons. The third-order valence-corrected chi connectivity index (χ3v) is 7.12. The lowest BCUT2D eigenvalue weighted by molar-refractivity contribution is -0.117. The van der Waals surface area contributed by atoms with E-state index in [2.05, 4.69) is 11.4 Å². The van der Waals surface area contributed by atoms with E-state index in [1.165, 1.54) is 22.7 Å². The van der Waals surface area contributed by atoms with Crippen LogP contribution in [0.5, 0.6) is 0 Å². The van der Waals surface area contributed by atoms with Gasteiger partial charge in [-0.3, -0.25) is 4.79 Å². The van der Waals surface area contributed by atoms with Gasteiger partial charge in [-0.05, 0) is 57.6 Å². The molecule has 1 aliphatic heterocycles. The molecule has 2 aliphatic rings. The van der Waals surface area contributed by atoms with Crippen LogP contribution in [-0.4, -0.2) is 38.3 Å². The fraction of sp³-hybridized carbons (Fsp3) is 0.476. The number of benzene rings is 1. The second-order valence-electron chi connectivity index (χ2n) is 7.27. The molecule has 5 nitrogen and oxygen atoms in total. The Hall–Kier alpha value is -1.92. The number of aryl methyl sites for hydroxylation is 1. The fourth-order valence-electron chi connectivity index (χ4n) is 3.52. The van der Waals surface area contributed by atoms with Crippen molar-refractivity contribution in [3.8, 4) is 0 Å². The minimum atomic E-state index is -3.51. The molecule has 1 heterocycles. The number of hydrogen-bond acceptors (Lipinski definition) is 3. The molecule has 6 heteroatoms. The Morgan fingerprint density at radius 2 is 1.89 bits per heavy atom. The van der Waals surface area contributed by atoms with Crippen molar-refractivity contribution in [3.05, 3.63) is 53.1 Å². The maximum absolute atomic E-state index is 12.7. The van der Waals surface area contributed by atoms with E-state index < -0.39 is 10.0 Å². The molecule has 0 saturated carbocycles. The smallest absolute Gasteiger partial charge is 0.246 e. The summed E-state index contributed by atoms with van der Waals surface area (Å²) < 4.78 is 26.9. The SMILES string of the molecule is Cc1ccc(S(=O)(=O)N2CC=C(C(=O)NCCC3=CCCCC3)CC2)cc1. The van der Waals surface area contributed by atoms with Crippen molar-refractivity contribution in [2.75, 3.05) is 19.6 Å². The summed E-state index contributed by atoms with van der Waals surface area (Å²) in [4.78, 5) is 12.6. The molecule has 0 aromatic heterocycles. The average molecular weight is 389 g/mol. The van der Waals surface area contributed by atoms with Crippen LogP contribution in [0.25, 0.3) is 0 Å². The van der Waals surface area contributed by atoms with Crippen molar-refractivity contribution in [2.24, 2.45) is 0 Å². The maximum Gasteiger partial charge on any atom is 0.246 e. The number of amides is 1. The highest BCUT2D eigenvalue weighted by molar-refractivity contribution is 7.89. The lowest BCUT2D eigenvalue weighted by Crippen LogP contribution is -2.37. The third-order valence-electron chi connectivity index (χ3n) is 5.24.